The van der Waals surface area contributed by atoms with E-state index in [0.717, 1.165) is 5.56 Å². The number of anilines is 1. The maximum atomic E-state index is 12.6. The summed E-state index contributed by atoms with van der Waals surface area (Å²) in [5.74, 6) is -0.985. The number of carbonyl (C=O) groups is 1. The van der Waals surface area contributed by atoms with Gasteiger partial charge < -0.3 is 10.1 Å². The van der Waals surface area contributed by atoms with E-state index in [-0.39, 0.29) is 11.3 Å². The number of benzene rings is 2. The molecule has 1 heterocycles. The summed E-state index contributed by atoms with van der Waals surface area (Å²) in [5, 5.41) is 18.6. The highest BCUT2D eigenvalue weighted by atomic mass is 32.2. The van der Waals surface area contributed by atoms with Crippen LogP contribution in [0.1, 0.15) is 16.7 Å². The molecule has 3 rings (SSSR count). The number of aryl methyl sites for hydroxylation is 1. The van der Waals surface area contributed by atoms with Crippen LogP contribution in [0.4, 0.5) is 5.69 Å². The monoisotopic (exact) mass is 369 g/mol. The van der Waals surface area contributed by atoms with E-state index in [2.05, 4.69) is 15.8 Å². The number of hydrogen-bond acceptors (Lipinski definition) is 4. The fourth-order valence-corrected chi connectivity index (χ4v) is 3.83. The lowest BCUT2D eigenvalue weighted by atomic mass is 10.1. The number of aromatic nitrogens is 1. The van der Waals surface area contributed by atoms with Gasteiger partial charge in [-0.3, -0.25) is 9.52 Å². The largest absolute Gasteiger partial charge is 0.481 e. The molecular formula is C18H15N3O4S. The number of aliphatic carboxylic acids is 1. The molecule has 0 fully saturated rings. The molecule has 26 heavy (non-hydrogen) atoms. The van der Waals surface area contributed by atoms with Crippen molar-refractivity contribution in [3.05, 3.63) is 59.3 Å². The summed E-state index contributed by atoms with van der Waals surface area (Å²) < 4.78 is 27.8. The van der Waals surface area contributed by atoms with E-state index in [0.29, 0.717) is 27.7 Å². The maximum absolute atomic E-state index is 12.6. The van der Waals surface area contributed by atoms with Crippen molar-refractivity contribution in [1.82, 2.24) is 4.98 Å². The zero-order valence-corrected chi connectivity index (χ0v) is 14.6. The Hall–Kier alpha value is -3.31. The molecule has 0 bridgehead atoms. The van der Waals surface area contributed by atoms with Crippen molar-refractivity contribution < 1.29 is 18.3 Å². The van der Waals surface area contributed by atoms with E-state index in [1.807, 2.05) is 6.92 Å². The van der Waals surface area contributed by atoms with Crippen LogP contribution < -0.4 is 4.72 Å². The predicted molar refractivity (Wildman–Crippen MR) is 96.3 cm³/mol. The van der Waals surface area contributed by atoms with Gasteiger partial charge in [-0.1, -0.05) is 18.2 Å². The number of nitrogens with one attached hydrogen (secondary N) is 2. The number of carboxylic acid groups (broad SMARTS) is 1. The Morgan fingerprint density at radius 3 is 2.54 bits per heavy atom. The molecule has 2 aromatic carbocycles. The lowest BCUT2D eigenvalue weighted by Crippen LogP contribution is -2.13. The van der Waals surface area contributed by atoms with Gasteiger partial charge in [0, 0.05) is 11.6 Å². The zero-order valence-electron chi connectivity index (χ0n) is 13.8. The first-order valence-corrected chi connectivity index (χ1v) is 9.14. The molecule has 0 unspecified atom stereocenters. The highest BCUT2D eigenvalue weighted by Crippen LogP contribution is 2.30. The van der Waals surface area contributed by atoms with Gasteiger partial charge in [0.15, 0.2) is 0 Å². The quantitative estimate of drug-likeness (QED) is 0.638. The van der Waals surface area contributed by atoms with Gasteiger partial charge in [-0.05, 0) is 36.2 Å². The summed E-state index contributed by atoms with van der Waals surface area (Å²) in [6.45, 7) is 1.84. The van der Waals surface area contributed by atoms with Crippen molar-refractivity contribution in [2.24, 2.45) is 0 Å². The molecule has 3 aromatic rings. The molecule has 8 heteroatoms. The number of carboxylic acids is 1. The van der Waals surface area contributed by atoms with Crippen LogP contribution in [0, 0.1) is 18.3 Å². The number of hydrogen-bond donors (Lipinski definition) is 3. The highest BCUT2D eigenvalue weighted by Gasteiger charge is 2.18. The van der Waals surface area contributed by atoms with Gasteiger partial charge in [-0.2, -0.15) is 5.26 Å². The van der Waals surface area contributed by atoms with Crippen molar-refractivity contribution >= 4 is 32.6 Å². The molecule has 0 aliphatic heterocycles. The van der Waals surface area contributed by atoms with Gasteiger partial charge in [0.1, 0.15) is 6.07 Å². The topological polar surface area (TPSA) is 123 Å². The summed E-state index contributed by atoms with van der Waals surface area (Å²) in [4.78, 5) is 13.7. The Balaban J connectivity index is 1.97. The van der Waals surface area contributed by atoms with Gasteiger partial charge in [0.05, 0.1) is 28.1 Å². The minimum Gasteiger partial charge on any atom is -0.481 e. The third kappa shape index (κ3) is 3.25. The number of nitrogens with zero attached hydrogens (tertiary/aromatic N) is 1. The Labute approximate surface area is 149 Å². The van der Waals surface area contributed by atoms with Gasteiger partial charge in [0.2, 0.25) is 0 Å². The van der Waals surface area contributed by atoms with Crippen molar-refractivity contribution in [2.75, 3.05) is 4.72 Å². The molecule has 132 valence electrons. The predicted octanol–water partition coefficient (Wildman–Crippen LogP) is 2.78. The van der Waals surface area contributed by atoms with Crippen molar-refractivity contribution in [1.29, 1.82) is 5.26 Å². The molecule has 0 radical (unpaired) electrons. The molecule has 0 aliphatic rings. The molecule has 0 spiro atoms. The average Bonchev–Trinajstić information content (AvgIpc) is 3.02. The Kier molecular flexibility index (Phi) is 4.40. The number of rotatable bonds is 5. The van der Waals surface area contributed by atoms with Crippen LogP contribution in [0.3, 0.4) is 0 Å². The second-order valence-corrected chi connectivity index (χ2v) is 7.50. The lowest BCUT2D eigenvalue weighted by molar-refractivity contribution is -0.136. The van der Waals surface area contributed by atoms with Crippen LogP contribution in [-0.4, -0.2) is 24.5 Å². The highest BCUT2D eigenvalue weighted by molar-refractivity contribution is 7.92. The van der Waals surface area contributed by atoms with E-state index >= 15 is 0 Å². The van der Waals surface area contributed by atoms with Crippen molar-refractivity contribution in [3.8, 4) is 6.07 Å². The summed E-state index contributed by atoms with van der Waals surface area (Å²) in [7, 11) is -3.86. The minimum atomic E-state index is -3.86. The fraction of sp³-hybridized carbons (Fsp3) is 0.111. The van der Waals surface area contributed by atoms with Crippen LogP contribution in [0.5, 0.6) is 0 Å². The van der Waals surface area contributed by atoms with Crippen LogP contribution in [0.15, 0.2) is 47.5 Å². The van der Waals surface area contributed by atoms with Crippen molar-refractivity contribution in [3.63, 3.8) is 0 Å². The summed E-state index contributed by atoms with van der Waals surface area (Å²) in [5.41, 5.74) is 2.68. The Morgan fingerprint density at radius 2 is 1.92 bits per heavy atom. The second-order valence-electron chi connectivity index (χ2n) is 5.81. The first kappa shape index (κ1) is 17.5. The smallest absolute Gasteiger partial charge is 0.307 e. The third-order valence-corrected chi connectivity index (χ3v) is 5.38. The zero-order chi connectivity index (χ0) is 18.9. The van der Waals surface area contributed by atoms with Crippen LogP contribution in [-0.2, 0) is 21.2 Å². The minimum absolute atomic E-state index is 0.0208. The van der Waals surface area contributed by atoms with E-state index in [1.54, 1.807) is 12.1 Å². The van der Waals surface area contributed by atoms with E-state index in [4.69, 9.17) is 5.11 Å². The van der Waals surface area contributed by atoms with Crippen LogP contribution >= 0.6 is 0 Å². The van der Waals surface area contributed by atoms with E-state index < -0.39 is 16.0 Å². The van der Waals surface area contributed by atoms with Crippen LogP contribution in [0.25, 0.3) is 10.9 Å². The number of H-pyrrole nitrogens is 1. The summed E-state index contributed by atoms with van der Waals surface area (Å²) in [6.07, 6.45) is 1.36. The van der Waals surface area contributed by atoms with Gasteiger partial charge in [-0.25, -0.2) is 8.42 Å². The Morgan fingerprint density at radius 1 is 1.23 bits per heavy atom. The average molecular weight is 369 g/mol. The van der Waals surface area contributed by atoms with Gasteiger partial charge in [-0.15, -0.1) is 0 Å². The number of nitriles is 1. The molecule has 7 nitrogen and oxygen atoms in total. The van der Waals surface area contributed by atoms with Crippen molar-refractivity contribution in [2.45, 2.75) is 18.2 Å². The summed E-state index contributed by atoms with van der Waals surface area (Å²) in [6, 6.07) is 11.1. The third-order valence-electron chi connectivity index (χ3n) is 4.00. The summed E-state index contributed by atoms with van der Waals surface area (Å²) >= 11 is 0. The van der Waals surface area contributed by atoms with E-state index in [9.17, 15) is 18.5 Å². The first-order valence-electron chi connectivity index (χ1n) is 7.66. The molecule has 0 atom stereocenters. The lowest BCUT2D eigenvalue weighted by Gasteiger charge is -2.10. The van der Waals surface area contributed by atoms with Gasteiger partial charge in [0.25, 0.3) is 10.0 Å². The number of sulfonamides is 1. The normalized spacial score (nSPS) is 11.2. The maximum Gasteiger partial charge on any atom is 0.307 e. The number of fused-ring (bicyclic) bond motifs is 1. The molecule has 0 saturated carbocycles. The molecule has 0 aliphatic carbocycles. The Bertz CT molecular complexity index is 1140. The second kappa shape index (κ2) is 6.54. The van der Waals surface area contributed by atoms with E-state index in [1.165, 1.54) is 30.5 Å². The first-order chi connectivity index (χ1) is 12.3. The molecule has 0 saturated heterocycles. The molecule has 1 aromatic heterocycles. The van der Waals surface area contributed by atoms with Gasteiger partial charge >= 0.3 is 5.97 Å². The number of aromatic amines is 1. The SMILES string of the molecule is Cc1ccc(NS(=O)(=O)c2ccc(CC(=O)O)cc2)c2[nH]cc(C#N)c12. The molecule has 0 amide bonds. The molecular weight excluding hydrogens is 354 g/mol. The molecule has 3 N–H and O–H groups in total. The fourth-order valence-electron chi connectivity index (χ4n) is 2.76. The standard InChI is InChI=1S/C18H15N3O4S/c1-11-2-7-15(18-17(11)13(9-19)10-20-18)21-26(24,25)14-5-3-12(4-6-14)8-16(22)23/h2-7,10,20-21H,8H2,1H3,(H,22,23). The van der Waals surface area contributed by atoms with Crippen LogP contribution in [0.2, 0.25) is 0 Å².